The van der Waals surface area contributed by atoms with Crippen LogP contribution in [0.25, 0.3) is 0 Å². The lowest BCUT2D eigenvalue weighted by Gasteiger charge is -2.26. The molecule has 2 rings (SSSR count). The molecular weight excluding hydrogens is 308 g/mol. The highest BCUT2D eigenvalue weighted by atomic mass is 35.5. The molecule has 6 heteroatoms. The smallest absolute Gasteiger partial charge is 0.243 e. The summed E-state index contributed by atoms with van der Waals surface area (Å²) in [6.07, 6.45) is 2.93. The summed E-state index contributed by atoms with van der Waals surface area (Å²) in [4.78, 5) is 0.257. The minimum Gasteiger partial charge on any atom is -0.326 e. The van der Waals surface area contributed by atoms with Gasteiger partial charge in [0.25, 0.3) is 0 Å². The number of benzene rings is 1. The second-order valence-corrected chi connectivity index (χ2v) is 8.10. The lowest BCUT2D eigenvalue weighted by Crippen LogP contribution is -2.31. The first-order valence-corrected chi connectivity index (χ1v) is 9.19. The van der Waals surface area contributed by atoms with Gasteiger partial charge in [-0.05, 0) is 42.4 Å². The molecule has 1 aromatic rings. The number of nitrogens with zero attached hydrogens (tertiary/aromatic N) is 1. The van der Waals surface area contributed by atoms with Crippen molar-refractivity contribution in [3.8, 4) is 0 Å². The minimum absolute atomic E-state index is 0.119. The maximum Gasteiger partial charge on any atom is 0.243 e. The summed E-state index contributed by atoms with van der Waals surface area (Å²) in [5, 5.41) is 0.412. The van der Waals surface area contributed by atoms with E-state index < -0.39 is 10.0 Å². The molecule has 0 amide bonds. The third-order valence-corrected chi connectivity index (χ3v) is 6.98. The Morgan fingerprint density at radius 1 is 1.33 bits per heavy atom. The summed E-state index contributed by atoms with van der Waals surface area (Å²) in [5.74, 6) is 0. The van der Waals surface area contributed by atoms with Crippen LogP contribution in [-0.2, 0) is 16.6 Å². The van der Waals surface area contributed by atoms with Gasteiger partial charge in [0, 0.05) is 24.7 Å². The Labute approximate surface area is 132 Å². The molecule has 0 unspecified atom stereocenters. The predicted molar refractivity (Wildman–Crippen MR) is 85.7 cm³/mol. The molecule has 0 saturated carbocycles. The highest BCUT2D eigenvalue weighted by molar-refractivity contribution is 7.89. The van der Waals surface area contributed by atoms with Crippen molar-refractivity contribution in [2.45, 2.75) is 44.6 Å². The van der Waals surface area contributed by atoms with Crippen LogP contribution in [0.2, 0.25) is 5.02 Å². The molecule has 4 nitrogen and oxygen atoms in total. The zero-order valence-electron chi connectivity index (χ0n) is 12.6. The molecule has 1 aliphatic heterocycles. The number of hydrogen-bond acceptors (Lipinski definition) is 3. The van der Waals surface area contributed by atoms with Crippen molar-refractivity contribution in [1.82, 2.24) is 4.31 Å². The fourth-order valence-electron chi connectivity index (χ4n) is 2.93. The van der Waals surface area contributed by atoms with Crippen molar-refractivity contribution in [3.05, 3.63) is 28.8 Å². The van der Waals surface area contributed by atoms with E-state index in [0.717, 1.165) is 24.8 Å². The number of rotatable bonds is 5. The molecule has 1 aromatic carbocycles. The van der Waals surface area contributed by atoms with Crippen molar-refractivity contribution in [3.63, 3.8) is 0 Å². The molecule has 0 radical (unpaired) electrons. The summed E-state index contributed by atoms with van der Waals surface area (Å²) < 4.78 is 27.1. The summed E-state index contributed by atoms with van der Waals surface area (Å²) in [6.45, 7) is 5.75. The van der Waals surface area contributed by atoms with Gasteiger partial charge in [0.1, 0.15) is 0 Å². The monoisotopic (exact) mass is 330 g/mol. The van der Waals surface area contributed by atoms with E-state index in [1.165, 1.54) is 6.07 Å². The highest BCUT2D eigenvalue weighted by Gasteiger charge is 2.40. The molecule has 0 aliphatic carbocycles. The van der Waals surface area contributed by atoms with Crippen molar-refractivity contribution >= 4 is 21.6 Å². The van der Waals surface area contributed by atoms with E-state index in [1.54, 1.807) is 16.4 Å². The van der Waals surface area contributed by atoms with Gasteiger partial charge in [0.05, 0.1) is 4.90 Å². The van der Waals surface area contributed by atoms with E-state index in [-0.39, 0.29) is 10.3 Å². The van der Waals surface area contributed by atoms with Crippen LogP contribution in [0.3, 0.4) is 0 Å². The lowest BCUT2D eigenvalue weighted by molar-refractivity contribution is 0.279. The number of nitrogens with two attached hydrogens (primary N) is 1. The molecule has 118 valence electrons. The fraction of sp³-hybridized carbons (Fsp3) is 0.600. The van der Waals surface area contributed by atoms with Crippen LogP contribution in [0.1, 0.15) is 38.7 Å². The summed E-state index contributed by atoms with van der Waals surface area (Å²) in [6, 6.07) is 4.80. The van der Waals surface area contributed by atoms with Gasteiger partial charge >= 0.3 is 0 Å². The average molecular weight is 331 g/mol. The second-order valence-electron chi connectivity index (χ2n) is 5.75. The molecule has 21 heavy (non-hydrogen) atoms. The highest BCUT2D eigenvalue weighted by Crippen LogP contribution is 2.39. The maximum atomic E-state index is 12.7. The van der Waals surface area contributed by atoms with Crippen LogP contribution < -0.4 is 5.73 Å². The van der Waals surface area contributed by atoms with Crippen LogP contribution in [0.5, 0.6) is 0 Å². The minimum atomic E-state index is -3.47. The van der Waals surface area contributed by atoms with Gasteiger partial charge in [-0.25, -0.2) is 8.42 Å². The van der Waals surface area contributed by atoms with Gasteiger partial charge in [-0.2, -0.15) is 4.31 Å². The van der Waals surface area contributed by atoms with Gasteiger partial charge in [-0.15, -0.1) is 0 Å². The van der Waals surface area contributed by atoms with Crippen molar-refractivity contribution in [2.75, 3.05) is 13.1 Å². The Hall–Kier alpha value is -0.620. The molecule has 1 heterocycles. The van der Waals surface area contributed by atoms with E-state index in [0.29, 0.717) is 24.7 Å². The second kappa shape index (κ2) is 6.24. The Kier molecular flexibility index (Phi) is 4.98. The van der Waals surface area contributed by atoms with Crippen LogP contribution in [-0.4, -0.2) is 25.8 Å². The molecule has 1 saturated heterocycles. The predicted octanol–water partition coefficient (Wildman–Crippen LogP) is 3.00. The van der Waals surface area contributed by atoms with Crippen molar-refractivity contribution in [2.24, 2.45) is 11.1 Å². The third-order valence-electron chi connectivity index (χ3n) is 4.79. The van der Waals surface area contributed by atoms with E-state index in [4.69, 9.17) is 17.3 Å². The normalized spacial score (nSPS) is 19.0. The molecule has 2 N–H and O–H groups in total. The van der Waals surface area contributed by atoms with Gasteiger partial charge in [0.15, 0.2) is 0 Å². The summed E-state index contributed by atoms with van der Waals surface area (Å²) >= 11 is 6.09. The van der Waals surface area contributed by atoms with Crippen LogP contribution in [0.4, 0.5) is 0 Å². The Balaban J connectivity index is 2.29. The topological polar surface area (TPSA) is 63.4 Å². The zero-order valence-corrected chi connectivity index (χ0v) is 14.2. The average Bonchev–Trinajstić information content (AvgIpc) is 2.93. The first-order chi connectivity index (χ1) is 9.88. The molecule has 1 fully saturated rings. The molecule has 0 aromatic heterocycles. The third kappa shape index (κ3) is 3.11. The van der Waals surface area contributed by atoms with Crippen molar-refractivity contribution in [1.29, 1.82) is 0 Å². The Bertz CT molecular complexity index is 612. The first-order valence-electron chi connectivity index (χ1n) is 7.37. The fourth-order valence-corrected chi connectivity index (χ4v) is 4.83. The molecular formula is C15H23ClN2O2S. The maximum absolute atomic E-state index is 12.7. The van der Waals surface area contributed by atoms with E-state index in [9.17, 15) is 8.42 Å². The molecule has 0 bridgehead atoms. The zero-order chi connectivity index (χ0) is 15.7. The van der Waals surface area contributed by atoms with Gasteiger partial charge in [0.2, 0.25) is 10.0 Å². The van der Waals surface area contributed by atoms with Gasteiger partial charge in [-0.3, -0.25) is 0 Å². The lowest BCUT2D eigenvalue weighted by atomic mass is 9.82. The molecule has 0 spiro atoms. The summed E-state index contributed by atoms with van der Waals surface area (Å²) in [5.41, 5.74) is 6.44. The van der Waals surface area contributed by atoms with E-state index in [2.05, 4.69) is 13.8 Å². The standard InChI is InChI=1S/C15H23ClN2O2S/c1-3-15(4-2)7-8-18(11-15)21(19,20)13-6-5-12(10-17)14(16)9-13/h5-6,9H,3-4,7-8,10-11,17H2,1-2H3. The van der Waals surface area contributed by atoms with Crippen LogP contribution in [0, 0.1) is 5.41 Å². The van der Waals surface area contributed by atoms with Crippen molar-refractivity contribution < 1.29 is 8.42 Å². The van der Waals surface area contributed by atoms with Gasteiger partial charge in [-0.1, -0.05) is 31.5 Å². The molecule has 1 aliphatic rings. The van der Waals surface area contributed by atoms with Gasteiger partial charge < -0.3 is 5.73 Å². The summed E-state index contributed by atoms with van der Waals surface area (Å²) in [7, 11) is -3.47. The van der Waals surface area contributed by atoms with E-state index >= 15 is 0 Å². The number of hydrogen-bond donors (Lipinski definition) is 1. The number of sulfonamides is 1. The Morgan fingerprint density at radius 2 is 2.00 bits per heavy atom. The number of halogens is 1. The molecule has 0 atom stereocenters. The quantitative estimate of drug-likeness (QED) is 0.902. The van der Waals surface area contributed by atoms with Crippen LogP contribution in [0.15, 0.2) is 23.1 Å². The van der Waals surface area contributed by atoms with E-state index in [1.807, 2.05) is 0 Å². The SMILES string of the molecule is CCC1(CC)CCN(S(=O)(=O)c2ccc(CN)c(Cl)c2)C1. The first kappa shape index (κ1) is 16.7. The Morgan fingerprint density at radius 3 is 2.48 bits per heavy atom. The largest absolute Gasteiger partial charge is 0.326 e. The van der Waals surface area contributed by atoms with Crippen LogP contribution >= 0.6 is 11.6 Å².